The highest BCUT2D eigenvalue weighted by molar-refractivity contribution is 7.85. The molecule has 0 aromatic carbocycles. The first kappa shape index (κ1) is 19.6. The fraction of sp³-hybridized carbons (Fsp3) is 0.706. The lowest BCUT2D eigenvalue weighted by atomic mass is 9.86. The molecule has 0 aliphatic carbocycles. The van der Waals surface area contributed by atoms with Crippen molar-refractivity contribution < 1.29 is 26.9 Å². The van der Waals surface area contributed by atoms with Crippen molar-refractivity contribution in [2.75, 3.05) is 44.2 Å². The first-order chi connectivity index (χ1) is 13.3. The Balaban J connectivity index is 1.56. The maximum Gasteiger partial charge on any atom is 0.434 e. The smallest absolute Gasteiger partial charge is 0.434 e. The van der Waals surface area contributed by atoms with Crippen LogP contribution in [0.3, 0.4) is 0 Å². The lowest BCUT2D eigenvalue weighted by Crippen LogP contribution is -2.52. The number of fused-ring (bicyclic) bond motifs is 3. The molecule has 1 aromatic rings. The van der Waals surface area contributed by atoms with Crippen LogP contribution in [0.25, 0.3) is 0 Å². The number of ether oxygens (including phenoxy) is 1. The summed E-state index contributed by atoms with van der Waals surface area (Å²) in [6.45, 7) is 2.92. The minimum absolute atomic E-state index is 0.153. The predicted molar refractivity (Wildman–Crippen MR) is 94.4 cm³/mol. The Labute approximate surface area is 162 Å². The minimum Gasteiger partial charge on any atom is -0.458 e. The minimum atomic E-state index is -4.81. The summed E-state index contributed by atoms with van der Waals surface area (Å²) in [5.41, 5.74) is -1.88. The molecule has 4 saturated heterocycles. The largest absolute Gasteiger partial charge is 0.458 e. The Hall–Kier alpha value is -1.75. The van der Waals surface area contributed by atoms with Crippen LogP contribution in [0.2, 0.25) is 0 Å². The number of carbonyl (C=O) groups is 1. The van der Waals surface area contributed by atoms with Gasteiger partial charge in [0.25, 0.3) is 5.91 Å². The molecule has 4 fully saturated rings. The Morgan fingerprint density at radius 2 is 1.86 bits per heavy atom. The Kier molecular flexibility index (Phi) is 5.30. The van der Waals surface area contributed by atoms with Gasteiger partial charge in [0.2, 0.25) is 0 Å². The van der Waals surface area contributed by atoms with Crippen molar-refractivity contribution in [2.45, 2.75) is 25.1 Å². The topological polar surface area (TPSA) is 75.6 Å². The van der Waals surface area contributed by atoms with Gasteiger partial charge in [-0.1, -0.05) is 0 Å². The van der Waals surface area contributed by atoms with Crippen LogP contribution in [0.4, 0.5) is 13.2 Å². The third-order valence-electron chi connectivity index (χ3n) is 5.58. The zero-order valence-corrected chi connectivity index (χ0v) is 16.0. The van der Waals surface area contributed by atoms with Crippen molar-refractivity contribution in [1.29, 1.82) is 0 Å². The summed E-state index contributed by atoms with van der Waals surface area (Å²) >= 11 is 0. The average molecular weight is 418 g/mol. The molecule has 0 radical (unpaired) electrons. The fourth-order valence-corrected chi connectivity index (χ4v) is 5.04. The second-order valence-electron chi connectivity index (χ2n) is 7.35. The lowest BCUT2D eigenvalue weighted by molar-refractivity contribution is -0.142. The second-order valence-corrected chi connectivity index (χ2v) is 9.04. The van der Waals surface area contributed by atoms with Gasteiger partial charge in [0, 0.05) is 48.1 Å². The molecular formula is C17H21F3N4O3S. The highest BCUT2D eigenvalue weighted by Gasteiger charge is 2.41. The van der Waals surface area contributed by atoms with Gasteiger partial charge in [0.1, 0.15) is 6.10 Å². The summed E-state index contributed by atoms with van der Waals surface area (Å²) in [6, 6.07) is -0.345. The van der Waals surface area contributed by atoms with Gasteiger partial charge in [0.15, 0.2) is 5.69 Å². The molecule has 1 unspecified atom stereocenters. The maximum atomic E-state index is 13.6. The zero-order valence-electron chi connectivity index (χ0n) is 15.2. The molecule has 5 rings (SSSR count). The number of amides is 1. The quantitative estimate of drug-likeness (QED) is 0.734. The first-order valence-corrected chi connectivity index (χ1v) is 10.8. The van der Waals surface area contributed by atoms with Gasteiger partial charge in [0.05, 0.1) is 5.56 Å². The lowest BCUT2D eigenvalue weighted by Gasteiger charge is -2.43. The fourth-order valence-electron chi connectivity index (χ4n) is 3.99. The molecule has 4 aliphatic rings. The Bertz CT molecular complexity index is 773. The Morgan fingerprint density at radius 3 is 2.43 bits per heavy atom. The third-order valence-corrected chi connectivity index (χ3v) is 6.86. The van der Waals surface area contributed by atoms with Crippen LogP contribution in [0, 0.1) is 5.92 Å². The van der Waals surface area contributed by atoms with E-state index in [4.69, 9.17) is 4.74 Å². The summed E-state index contributed by atoms with van der Waals surface area (Å²) in [5, 5.41) is 0. The van der Waals surface area contributed by atoms with E-state index >= 15 is 0 Å². The SMILES string of the molecule is O=C(c1cnc(OC2CN3CCC2CC3)nc1C(F)(F)F)N1CCS(=O)CC1. The van der Waals surface area contributed by atoms with E-state index in [0.29, 0.717) is 12.5 Å². The van der Waals surface area contributed by atoms with Crippen LogP contribution in [0.5, 0.6) is 6.01 Å². The number of hydrogen-bond donors (Lipinski definition) is 0. The normalized spacial score (nSPS) is 28.4. The van der Waals surface area contributed by atoms with Gasteiger partial charge in [-0.2, -0.15) is 18.2 Å². The molecule has 2 bridgehead atoms. The molecule has 4 aliphatic heterocycles. The van der Waals surface area contributed by atoms with E-state index in [1.165, 1.54) is 4.90 Å². The summed E-state index contributed by atoms with van der Waals surface area (Å²) in [6.07, 6.45) is -2.24. The standard InChI is InChI=1S/C17H21F3N4O3S/c18-17(19,20)14-12(15(25)24-5-7-28(26)8-6-24)9-21-16(22-14)27-13-10-23-3-1-11(13)2-4-23/h9,11,13H,1-8,10H2. The number of halogens is 3. The zero-order chi connectivity index (χ0) is 19.9. The molecule has 1 amide bonds. The summed E-state index contributed by atoms with van der Waals surface area (Å²) < 4.78 is 57.8. The number of carbonyl (C=O) groups excluding carboxylic acids is 1. The monoisotopic (exact) mass is 418 g/mol. The molecule has 11 heteroatoms. The van der Waals surface area contributed by atoms with Gasteiger partial charge in [-0.05, 0) is 31.8 Å². The summed E-state index contributed by atoms with van der Waals surface area (Å²) in [5.74, 6) is 0.0144. The first-order valence-electron chi connectivity index (χ1n) is 9.29. The van der Waals surface area contributed by atoms with Crippen molar-refractivity contribution >= 4 is 16.7 Å². The number of aromatic nitrogens is 2. The van der Waals surface area contributed by atoms with Crippen molar-refractivity contribution in [2.24, 2.45) is 5.92 Å². The highest BCUT2D eigenvalue weighted by Crippen LogP contribution is 2.34. The van der Waals surface area contributed by atoms with Crippen molar-refractivity contribution in [3.05, 3.63) is 17.5 Å². The van der Waals surface area contributed by atoms with Crippen molar-refractivity contribution in [1.82, 2.24) is 19.8 Å². The Morgan fingerprint density at radius 1 is 1.18 bits per heavy atom. The van der Waals surface area contributed by atoms with E-state index in [2.05, 4.69) is 14.9 Å². The molecule has 7 nitrogen and oxygen atoms in total. The third kappa shape index (κ3) is 4.00. The molecule has 154 valence electrons. The van der Waals surface area contributed by atoms with Crippen LogP contribution < -0.4 is 4.74 Å². The number of alkyl halides is 3. The van der Waals surface area contributed by atoms with E-state index in [1.807, 2.05) is 0 Å². The molecule has 0 spiro atoms. The van der Waals surface area contributed by atoms with E-state index in [9.17, 15) is 22.2 Å². The molecule has 1 atom stereocenters. The van der Waals surface area contributed by atoms with E-state index in [-0.39, 0.29) is 36.7 Å². The van der Waals surface area contributed by atoms with E-state index < -0.39 is 34.1 Å². The summed E-state index contributed by atoms with van der Waals surface area (Å²) in [7, 11) is -1.04. The molecule has 5 heterocycles. The molecule has 1 aromatic heterocycles. The van der Waals surface area contributed by atoms with Crippen LogP contribution in [0.15, 0.2) is 6.20 Å². The van der Waals surface area contributed by atoms with Crippen LogP contribution >= 0.6 is 0 Å². The van der Waals surface area contributed by atoms with Crippen LogP contribution in [0.1, 0.15) is 28.9 Å². The van der Waals surface area contributed by atoms with Gasteiger partial charge >= 0.3 is 12.2 Å². The average Bonchev–Trinajstić information content (AvgIpc) is 2.68. The number of rotatable bonds is 3. The highest BCUT2D eigenvalue weighted by atomic mass is 32.2. The summed E-state index contributed by atoms with van der Waals surface area (Å²) in [4.78, 5) is 23.5. The maximum absolute atomic E-state index is 13.6. The van der Waals surface area contributed by atoms with Gasteiger partial charge in [-0.15, -0.1) is 0 Å². The van der Waals surface area contributed by atoms with Crippen LogP contribution in [-0.4, -0.2) is 80.2 Å². The number of hydrogen-bond acceptors (Lipinski definition) is 6. The van der Waals surface area contributed by atoms with E-state index in [1.54, 1.807) is 0 Å². The number of nitrogens with zero attached hydrogens (tertiary/aromatic N) is 4. The molecule has 0 N–H and O–H groups in total. The molecular weight excluding hydrogens is 397 g/mol. The predicted octanol–water partition coefficient (Wildman–Crippen LogP) is 1.17. The second kappa shape index (κ2) is 7.58. The van der Waals surface area contributed by atoms with Crippen LogP contribution in [-0.2, 0) is 17.0 Å². The van der Waals surface area contributed by atoms with Gasteiger partial charge in [-0.3, -0.25) is 13.9 Å². The molecule has 0 saturated carbocycles. The number of piperidine rings is 3. The van der Waals surface area contributed by atoms with E-state index in [0.717, 1.165) is 32.1 Å². The van der Waals surface area contributed by atoms with Gasteiger partial charge < -0.3 is 9.64 Å². The van der Waals surface area contributed by atoms with Crippen molar-refractivity contribution in [3.8, 4) is 6.01 Å². The van der Waals surface area contributed by atoms with Crippen molar-refractivity contribution in [3.63, 3.8) is 0 Å². The molecule has 28 heavy (non-hydrogen) atoms. The van der Waals surface area contributed by atoms with Gasteiger partial charge in [-0.25, -0.2) is 4.98 Å².